The molecular formula is C15H16FNO2. The molecule has 4 heteroatoms. The molecule has 2 N–H and O–H groups in total. The summed E-state index contributed by atoms with van der Waals surface area (Å²) in [6.45, 7) is 0.517. The maximum Gasteiger partial charge on any atom is 0.129 e. The Labute approximate surface area is 111 Å². The predicted molar refractivity (Wildman–Crippen MR) is 71.6 cm³/mol. The molecule has 2 aromatic carbocycles. The Morgan fingerprint density at radius 1 is 1.11 bits per heavy atom. The molecule has 0 radical (unpaired) electrons. The Bertz CT molecular complexity index is 558. The molecule has 2 aromatic rings. The molecule has 0 heterocycles. The highest BCUT2D eigenvalue weighted by Crippen LogP contribution is 2.25. The van der Waals surface area contributed by atoms with Crippen molar-refractivity contribution >= 4 is 0 Å². The summed E-state index contributed by atoms with van der Waals surface area (Å²) in [5.74, 6) is 1.02. The number of halogens is 1. The summed E-state index contributed by atoms with van der Waals surface area (Å²) in [7, 11) is 1.58. The van der Waals surface area contributed by atoms with Gasteiger partial charge >= 0.3 is 0 Å². The lowest BCUT2D eigenvalue weighted by Gasteiger charge is -2.12. The summed E-state index contributed by atoms with van der Waals surface area (Å²) in [4.78, 5) is 0. The summed E-state index contributed by atoms with van der Waals surface area (Å²) in [5.41, 5.74) is 7.01. The number of rotatable bonds is 5. The van der Waals surface area contributed by atoms with Gasteiger partial charge in [-0.15, -0.1) is 0 Å². The molecule has 0 aliphatic rings. The van der Waals surface area contributed by atoms with Gasteiger partial charge in [0.15, 0.2) is 0 Å². The molecule has 0 bridgehead atoms. The highest BCUT2D eigenvalue weighted by Gasteiger charge is 2.07. The van der Waals surface area contributed by atoms with E-state index in [1.54, 1.807) is 31.4 Å². The second-order valence-corrected chi connectivity index (χ2v) is 4.06. The van der Waals surface area contributed by atoms with Crippen molar-refractivity contribution in [2.75, 3.05) is 7.11 Å². The van der Waals surface area contributed by atoms with Crippen LogP contribution in [-0.2, 0) is 13.2 Å². The SMILES string of the molecule is COc1ccc(CN)c(OCc2ccccc2F)c1. The van der Waals surface area contributed by atoms with Crippen LogP contribution in [-0.4, -0.2) is 7.11 Å². The molecule has 0 unspecified atom stereocenters. The van der Waals surface area contributed by atoms with Gasteiger partial charge in [-0.2, -0.15) is 0 Å². The summed E-state index contributed by atoms with van der Waals surface area (Å²) in [6.07, 6.45) is 0. The van der Waals surface area contributed by atoms with Crippen molar-refractivity contribution < 1.29 is 13.9 Å². The average molecular weight is 261 g/mol. The second-order valence-electron chi connectivity index (χ2n) is 4.06. The van der Waals surface area contributed by atoms with E-state index in [1.165, 1.54) is 6.07 Å². The van der Waals surface area contributed by atoms with Crippen LogP contribution >= 0.6 is 0 Å². The van der Waals surface area contributed by atoms with Gasteiger partial charge in [0.25, 0.3) is 0 Å². The van der Waals surface area contributed by atoms with Crippen LogP contribution in [0, 0.1) is 5.82 Å². The summed E-state index contributed by atoms with van der Waals surface area (Å²) >= 11 is 0. The zero-order valence-electron chi connectivity index (χ0n) is 10.7. The fourth-order valence-corrected chi connectivity index (χ4v) is 1.74. The number of nitrogens with two attached hydrogens (primary N) is 1. The van der Waals surface area contributed by atoms with Gasteiger partial charge in [-0.05, 0) is 12.1 Å². The van der Waals surface area contributed by atoms with E-state index in [9.17, 15) is 4.39 Å². The molecule has 100 valence electrons. The lowest BCUT2D eigenvalue weighted by atomic mass is 10.2. The van der Waals surface area contributed by atoms with Crippen LogP contribution in [0.25, 0.3) is 0 Å². The normalized spacial score (nSPS) is 10.3. The Morgan fingerprint density at radius 3 is 2.58 bits per heavy atom. The molecule has 0 aliphatic heterocycles. The minimum absolute atomic E-state index is 0.160. The molecule has 0 fully saturated rings. The number of methoxy groups -OCH3 is 1. The van der Waals surface area contributed by atoms with Gasteiger partial charge in [0, 0.05) is 23.7 Å². The molecule has 0 amide bonds. The number of ether oxygens (including phenoxy) is 2. The number of benzene rings is 2. The van der Waals surface area contributed by atoms with Crippen LogP contribution < -0.4 is 15.2 Å². The van der Waals surface area contributed by atoms with Crippen molar-refractivity contribution in [1.29, 1.82) is 0 Å². The minimum atomic E-state index is -0.278. The third-order valence-electron chi connectivity index (χ3n) is 2.84. The second kappa shape index (κ2) is 6.20. The molecule has 19 heavy (non-hydrogen) atoms. The number of hydrogen-bond donors (Lipinski definition) is 1. The van der Waals surface area contributed by atoms with Gasteiger partial charge in [0.2, 0.25) is 0 Å². The van der Waals surface area contributed by atoms with Gasteiger partial charge in [-0.3, -0.25) is 0 Å². The standard InChI is InChI=1S/C15H16FNO2/c1-18-13-7-6-11(9-17)15(8-13)19-10-12-4-2-3-5-14(12)16/h2-8H,9-10,17H2,1H3. The van der Waals surface area contributed by atoms with E-state index in [2.05, 4.69) is 0 Å². The van der Waals surface area contributed by atoms with Crippen molar-refractivity contribution in [2.45, 2.75) is 13.2 Å². The smallest absolute Gasteiger partial charge is 0.129 e. The van der Waals surface area contributed by atoms with E-state index >= 15 is 0 Å². The van der Waals surface area contributed by atoms with Crippen LogP contribution in [0.3, 0.4) is 0 Å². The van der Waals surface area contributed by atoms with Gasteiger partial charge in [0.05, 0.1) is 7.11 Å². The number of hydrogen-bond acceptors (Lipinski definition) is 3. The summed E-state index contributed by atoms with van der Waals surface area (Å²) in [6, 6.07) is 11.9. The molecule has 0 atom stereocenters. The largest absolute Gasteiger partial charge is 0.497 e. The van der Waals surface area contributed by atoms with Gasteiger partial charge in [-0.25, -0.2) is 4.39 Å². The van der Waals surface area contributed by atoms with Crippen molar-refractivity contribution in [1.82, 2.24) is 0 Å². The van der Waals surface area contributed by atoms with Crippen molar-refractivity contribution in [3.05, 3.63) is 59.4 Å². The fraction of sp³-hybridized carbons (Fsp3) is 0.200. The Balaban J connectivity index is 2.16. The molecule has 0 saturated heterocycles. The summed E-state index contributed by atoms with van der Waals surface area (Å²) in [5, 5.41) is 0. The summed E-state index contributed by atoms with van der Waals surface area (Å²) < 4.78 is 24.3. The first-order chi connectivity index (χ1) is 9.24. The molecule has 0 spiro atoms. The lowest BCUT2D eigenvalue weighted by molar-refractivity contribution is 0.294. The average Bonchev–Trinajstić information content (AvgIpc) is 2.46. The van der Waals surface area contributed by atoms with E-state index in [4.69, 9.17) is 15.2 Å². The highest BCUT2D eigenvalue weighted by molar-refractivity contribution is 5.40. The highest BCUT2D eigenvalue weighted by atomic mass is 19.1. The van der Waals surface area contributed by atoms with Crippen LogP contribution in [0.4, 0.5) is 4.39 Å². The van der Waals surface area contributed by atoms with Crippen LogP contribution in [0.2, 0.25) is 0 Å². The van der Waals surface area contributed by atoms with Crippen LogP contribution in [0.1, 0.15) is 11.1 Å². The molecular weight excluding hydrogens is 245 g/mol. The Kier molecular flexibility index (Phi) is 4.36. The van der Waals surface area contributed by atoms with Crippen molar-refractivity contribution in [3.63, 3.8) is 0 Å². The topological polar surface area (TPSA) is 44.5 Å². The zero-order valence-corrected chi connectivity index (χ0v) is 10.7. The van der Waals surface area contributed by atoms with Gasteiger partial charge < -0.3 is 15.2 Å². The molecule has 2 rings (SSSR count). The third-order valence-corrected chi connectivity index (χ3v) is 2.84. The van der Waals surface area contributed by atoms with Crippen LogP contribution in [0.15, 0.2) is 42.5 Å². The van der Waals surface area contributed by atoms with E-state index < -0.39 is 0 Å². The molecule has 0 aliphatic carbocycles. The maximum atomic E-state index is 13.5. The molecule has 3 nitrogen and oxygen atoms in total. The first-order valence-corrected chi connectivity index (χ1v) is 5.97. The van der Waals surface area contributed by atoms with Crippen molar-refractivity contribution in [2.24, 2.45) is 5.73 Å². The fourth-order valence-electron chi connectivity index (χ4n) is 1.74. The van der Waals surface area contributed by atoms with Gasteiger partial charge in [-0.1, -0.05) is 24.3 Å². The predicted octanol–water partition coefficient (Wildman–Crippen LogP) is 2.87. The van der Waals surface area contributed by atoms with E-state index in [1.807, 2.05) is 12.1 Å². The minimum Gasteiger partial charge on any atom is -0.497 e. The van der Waals surface area contributed by atoms with Crippen LogP contribution in [0.5, 0.6) is 11.5 Å². The van der Waals surface area contributed by atoms with E-state index in [0.29, 0.717) is 23.6 Å². The lowest BCUT2D eigenvalue weighted by Crippen LogP contribution is -2.04. The molecule has 0 aromatic heterocycles. The Hall–Kier alpha value is -2.07. The third kappa shape index (κ3) is 3.23. The first-order valence-electron chi connectivity index (χ1n) is 5.97. The monoisotopic (exact) mass is 261 g/mol. The quantitative estimate of drug-likeness (QED) is 0.900. The Morgan fingerprint density at radius 2 is 1.89 bits per heavy atom. The van der Waals surface area contributed by atoms with Gasteiger partial charge in [0.1, 0.15) is 23.9 Å². The first kappa shape index (κ1) is 13.4. The maximum absolute atomic E-state index is 13.5. The van der Waals surface area contributed by atoms with E-state index in [0.717, 1.165) is 5.56 Å². The van der Waals surface area contributed by atoms with E-state index in [-0.39, 0.29) is 12.4 Å². The van der Waals surface area contributed by atoms with Crippen molar-refractivity contribution in [3.8, 4) is 11.5 Å². The molecule has 0 saturated carbocycles. The zero-order chi connectivity index (χ0) is 13.7.